The number of nitrogens with zero attached hydrogens (tertiary/aromatic N) is 1. The van der Waals surface area contributed by atoms with Crippen LogP contribution in [-0.4, -0.2) is 30.1 Å². The van der Waals surface area contributed by atoms with Crippen LogP contribution in [0, 0.1) is 0 Å². The summed E-state index contributed by atoms with van der Waals surface area (Å²) in [7, 11) is 0. The molecule has 2 fully saturated rings. The molecule has 2 unspecified atom stereocenters. The minimum atomic E-state index is 0.710. The van der Waals surface area contributed by atoms with Crippen molar-refractivity contribution in [3.63, 3.8) is 0 Å². The Morgan fingerprint density at radius 3 is 2.71 bits per heavy atom. The molecule has 0 amide bonds. The Morgan fingerprint density at radius 2 is 2.12 bits per heavy atom. The summed E-state index contributed by atoms with van der Waals surface area (Å²) in [6, 6.07) is 3.58. The quantitative estimate of drug-likeness (QED) is 0.890. The fourth-order valence-corrected chi connectivity index (χ4v) is 4.75. The molecule has 5 heteroatoms. The lowest BCUT2D eigenvalue weighted by Gasteiger charge is -2.42. The Morgan fingerprint density at radius 1 is 1.41 bits per heavy atom. The van der Waals surface area contributed by atoms with E-state index < -0.39 is 0 Å². The van der Waals surface area contributed by atoms with Crippen LogP contribution in [0.15, 0.2) is 10.5 Å². The van der Waals surface area contributed by atoms with Crippen LogP contribution in [0.2, 0.25) is 4.34 Å². The molecular weight excluding hydrogens is 320 g/mol. The zero-order chi connectivity index (χ0) is 11.8. The van der Waals surface area contributed by atoms with E-state index >= 15 is 0 Å². The zero-order valence-electron chi connectivity index (χ0n) is 9.59. The summed E-state index contributed by atoms with van der Waals surface area (Å²) in [4.78, 5) is 3.93. The molecule has 0 saturated carbocycles. The predicted molar refractivity (Wildman–Crippen MR) is 76.9 cm³/mol. The molecule has 0 spiro atoms. The molecule has 2 aliphatic rings. The average Bonchev–Trinajstić information content (AvgIpc) is 2.57. The van der Waals surface area contributed by atoms with Gasteiger partial charge in [-0.1, -0.05) is 18.0 Å². The van der Waals surface area contributed by atoms with Gasteiger partial charge in [0.2, 0.25) is 0 Å². The lowest BCUT2D eigenvalue weighted by molar-refractivity contribution is 0.120. The Labute approximate surface area is 119 Å². The van der Waals surface area contributed by atoms with E-state index in [2.05, 4.69) is 32.2 Å². The maximum atomic E-state index is 6.08. The van der Waals surface area contributed by atoms with Crippen molar-refractivity contribution in [3.8, 4) is 0 Å². The molecule has 0 radical (unpaired) electrons. The fourth-order valence-electron chi connectivity index (χ4n) is 2.92. The molecule has 2 nitrogen and oxygen atoms in total. The van der Waals surface area contributed by atoms with E-state index in [1.54, 1.807) is 11.3 Å². The first-order valence-electron chi connectivity index (χ1n) is 6.13. The molecule has 17 heavy (non-hydrogen) atoms. The highest BCUT2D eigenvalue weighted by molar-refractivity contribution is 9.10. The van der Waals surface area contributed by atoms with Gasteiger partial charge >= 0.3 is 0 Å². The summed E-state index contributed by atoms with van der Waals surface area (Å²) in [5.41, 5.74) is 0. The van der Waals surface area contributed by atoms with Crippen molar-refractivity contribution in [1.29, 1.82) is 0 Å². The van der Waals surface area contributed by atoms with Crippen LogP contribution in [0.1, 0.15) is 24.1 Å². The first-order valence-corrected chi connectivity index (χ1v) is 8.11. The predicted octanol–water partition coefficient (Wildman–Crippen LogP) is 3.49. The van der Waals surface area contributed by atoms with E-state index in [1.165, 1.54) is 37.2 Å². The third-order valence-corrected chi connectivity index (χ3v) is 6.07. The second kappa shape index (κ2) is 5.17. The van der Waals surface area contributed by atoms with Crippen molar-refractivity contribution in [2.24, 2.45) is 0 Å². The van der Waals surface area contributed by atoms with Gasteiger partial charge in [-0.25, -0.2) is 0 Å². The molecule has 0 aliphatic carbocycles. The smallest absolute Gasteiger partial charge is 0.107 e. The van der Waals surface area contributed by atoms with Crippen LogP contribution in [0.3, 0.4) is 0 Å². The summed E-state index contributed by atoms with van der Waals surface area (Å²) < 4.78 is 1.91. The molecule has 2 atom stereocenters. The Kier molecular flexibility index (Phi) is 3.78. The third kappa shape index (κ3) is 2.87. The summed E-state index contributed by atoms with van der Waals surface area (Å²) in [5.74, 6) is 0. The highest BCUT2D eigenvalue weighted by Crippen LogP contribution is 2.33. The molecule has 3 rings (SSSR count). The molecular formula is C12H16BrClN2S. The van der Waals surface area contributed by atoms with Gasteiger partial charge in [-0.05, 0) is 34.8 Å². The Balaban J connectivity index is 1.65. The van der Waals surface area contributed by atoms with E-state index in [1.807, 2.05) is 0 Å². The van der Waals surface area contributed by atoms with E-state index in [0.29, 0.717) is 12.1 Å². The number of fused-ring (bicyclic) bond motifs is 2. The topological polar surface area (TPSA) is 15.3 Å². The van der Waals surface area contributed by atoms with Crippen LogP contribution in [0.4, 0.5) is 0 Å². The summed E-state index contributed by atoms with van der Waals surface area (Å²) in [5, 5.41) is 3.71. The van der Waals surface area contributed by atoms with Crippen molar-refractivity contribution < 1.29 is 0 Å². The molecule has 0 aromatic carbocycles. The maximum Gasteiger partial charge on any atom is 0.107 e. The normalized spacial score (nSPS) is 29.5. The lowest BCUT2D eigenvalue weighted by atomic mass is 9.94. The highest BCUT2D eigenvalue weighted by atomic mass is 79.9. The fraction of sp³-hybridized carbons (Fsp3) is 0.667. The number of nitrogens with one attached hydrogen (secondary N) is 1. The molecule has 2 saturated heterocycles. The van der Waals surface area contributed by atoms with Gasteiger partial charge < -0.3 is 5.32 Å². The summed E-state index contributed by atoms with van der Waals surface area (Å²) in [6.45, 7) is 3.41. The zero-order valence-corrected chi connectivity index (χ0v) is 12.7. The first-order chi connectivity index (χ1) is 8.20. The van der Waals surface area contributed by atoms with E-state index in [9.17, 15) is 0 Å². The number of piperidine rings is 1. The number of likely N-dealkylation sites (tertiary alicyclic amines) is 1. The SMILES string of the molecule is Clc1sc(CN2CC3CCCC(C2)N3)cc1Br. The molecule has 1 aromatic heterocycles. The van der Waals surface area contributed by atoms with Gasteiger partial charge in [-0.15, -0.1) is 11.3 Å². The number of thiophene rings is 1. The van der Waals surface area contributed by atoms with Gasteiger partial charge in [-0.2, -0.15) is 0 Å². The van der Waals surface area contributed by atoms with Crippen LogP contribution >= 0.6 is 38.9 Å². The third-order valence-electron chi connectivity index (χ3n) is 3.61. The Hall–Kier alpha value is 0.390. The maximum absolute atomic E-state index is 6.08. The molecule has 94 valence electrons. The van der Waals surface area contributed by atoms with Gasteiger partial charge in [0.05, 0.1) is 0 Å². The van der Waals surface area contributed by atoms with Crippen molar-refractivity contribution in [3.05, 3.63) is 19.8 Å². The van der Waals surface area contributed by atoms with Crippen molar-refractivity contribution in [1.82, 2.24) is 10.2 Å². The summed E-state index contributed by atoms with van der Waals surface area (Å²) >= 11 is 11.3. The number of piperazine rings is 1. The van der Waals surface area contributed by atoms with Crippen molar-refractivity contribution in [2.75, 3.05) is 13.1 Å². The number of rotatable bonds is 2. The second-order valence-electron chi connectivity index (χ2n) is 5.02. The van der Waals surface area contributed by atoms with E-state index in [0.717, 1.165) is 15.4 Å². The average molecular weight is 336 g/mol. The van der Waals surface area contributed by atoms with E-state index in [-0.39, 0.29) is 0 Å². The van der Waals surface area contributed by atoms with Gasteiger partial charge in [0, 0.05) is 41.1 Å². The lowest BCUT2D eigenvalue weighted by Crippen LogP contribution is -2.58. The number of hydrogen-bond donors (Lipinski definition) is 1. The molecule has 2 bridgehead atoms. The summed E-state index contributed by atoms with van der Waals surface area (Å²) in [6.07, 6.45) is 4.07. The molecule has 1 N–H and O–H groups in total. The van der Waals surface area contributed by atoms with Crippen LogP contribution in [0.25, 0.3) is 0 Å². The standard InChI is InChI=1S/C12H16BrClN2S/c13-11-4-10(17-12(11)14)7-16-5-8-2-1-3-9(6-16)15-8/h4,8-9,15H,1-3,5-7H2. The Bertz CT molecular complexity index is 378. The number of halogens is 2. The van der Waals surface area contributed by atoms with Gasteiger partial charge in [0.1, 0.15) is 4.34 Å². The van der Waals surface area contributed by atoms with Gasteiger partial charge in [0.25, 0.3) is 0 Å². The van der Waals surface area contributed by atoms with E-state index in [4.69, 9.17) is 11.6 Å². The van der Waals surface area contributed by atoms with Gasteiger partial charge in [-0.3, -0.25) is 4.90 Å². The molecule has 2 aliphatic heterocycles. The molecule has 3 heterocycles. The highest BCUT2D eigenvalue weighted by Gasteiger charge is 2.29. The minimum Gasteiger partial charge on any atom is -0.309 e. The first kappa shape index (κ1) is 12.4. The van der Waals surface area contributed by atoms with Crippen molar-refractivity contribution >= 4 is 38.9 Å². The van der Waals surface area contributed by atoms with Crippen LogP contribution in [0.5, 0.6) is 0 Å². The van der Waals surface area contributed by atoms with Crippen LogP contribution in [-0.2, 0) is 6.54 Å². The molecule has 1 aromatic rings. The minimum absolute atomic E-state index is 0.710. The van der Waals surface area contributed by atoms with Crippen molar-refractivity contribution in [2.45, 2.75) is 37.9 Å². The van der Waals surface area contributed by atoms with Gasteiger partial charge in [0.15, 0.2) is 0 Å². The number of hydrogen-bond acceptors (Lipinski definition) is 3. The van der Waals surface area contributed by atoms with Crippen LogP contribution < -0.4 is 5.32 Å². The second-order valence-corrected chi connectivity index (χ2v) is 7.61. The monoisotopic (exact) mass is 334 g/mol. The largest absolute Gasteiger partial charge is 0.309 e.